The third-order valence-corrected chi connectivity index (χ3v) is 12.5. The molecular formula is C40H53O8P. The highest BCUT2D eigenvalue weighted by atomic mass is 31.1. The predicted octanol–water partition coefficient (Wildman–Crippen LogP) is 6.40. The molecule has 0 bridgehead atoms. The van der Waals surface area contributed by atoms with Crippen LogP contribution in [0.2, 0.25) is 0 Å². The van der Waals surface area contributed by atoms with Crippen molar-refractivity contribution in [3.8, 4) is 0 Å². The van der Waals surface area contributed by atoms with Gasteiger partial charge in [0, 0.05) is 23.3 Å². The van der Waals surface area contributed by atoms with Crippen molar-refractivity contribution >= 4 is 7.80 Å². The molecule has 0 saturated carbocycles. The number of aliphatic hydroxyl groups is 3. The van der Waals surface area contributed by atoms with E-state index in [9.17, 15) is 19.9 Å². The Bertz CT molecular complexity index is 1430. The third kappa shape index (κ3) is 9.62. The quantitative estimate of drug-likeness (QED) is 0.134. The van der Waals surface area contributed by atoms with Crippen molar-refractivity contribution in [1.29, 1.82) is 0 Å². The van der Waals surface area contributed by atoms with E-state index in [2.05, 4.69) is 18.2 Å². The first kappa shape index (κ1) is 36.2. The van der Waals surface area contributed by atoms with Gasteiger partial charge in [-0.2, -0.15) is 0 Å². The molecule has 0 amide bonds. The van der Waals surface area contributed by atoms with Gasteiger partial charge in [0.15, 0.2) is 0 Å². The second-order valence-corrected chi connectivity index (χ2v) is 15.9. The molecule has 0 radical (unpaired) electrons. The molecular weight excluding hydrogens is 639 g/mol. The molecule has 6 rings (SSSR count). The monoisotopic (exact) mass is 692 g/mol. The fraction of sp³-hybridized carbons (Fsp3) is 0.550. The van der Waals surface area contributed by atoms with E-state index in [0.29, 0.717) is 12.2 Å². The van der Waals surface area contributed by atoms with E-state index >= 15 is 0 Å². The Labute approximate surface area is 291 Å². The Morgan fingerprint density at radius 1 is 0.735 bits per heavy atom. The highest BCUT2D eigenvalue weighted by Gasteiger charge is 2.40. The Kier molecular flexibility index (Phi) is 13.4. The molecule has 10 unspecified atom stereocenters. The molecule has 3 N–H and O–H groups in total. The largest absolute Gasteiger partial charge is 0.490 e. The van der Waals surface area contributed by atoms with Crippen LogP contribution >= 0.6 is 7.80 Å². The number of allylic oxidation sites excluding steroid dienone is 10. The summed E-state index contributed by atoms with van der Waals surface area (Å²) in [6.45, 7) is 0.462. The Morgan fingerprint density at radius 3 is 2.22 bits per heavy atom. The summed E-state index contributed by atoms with van der Waals surface area (Å²) >= 11 is 0. The van der Waals surface area contributed by atoms with Gasteiger partial charge in [0.25, 0.3) is 0 Å². The summed E-state index contributed by atoms with van der Waals surface area (Å²) in [6.07, 6.45) is 32.9. The number of rotatable bonds is 15. The van der Waals surface area contributed by atoms with Gasteiger partial charge < -0.3 is 38.8 Å². The van der Waals surface area contributed by atoms with Crippen molar-refractivity contribution in [2.75, 3.05) is 26.4 Å². The van der Waals surface area contributed by atoms with Crippen LogP contribution < -0.4 is 0 Å². The normalized spacial score (nSPS) is 32.8. The van der Waals surface area contributed by atoms with E-state index < -0.39 is 26.1 Å². The van der Waals surface area contributed by atoms with Gasteiger partial charge in [0.1, 0.15) is 32.4 Å². The molecule has 6 aliphatic carbocycles. The first-order chi connectivity index (χ1) is 24.0. The molecule has 0 aromatic heterocycles. The fourth-order valence-electron chi connectivity index (χ4n) is 7.67. The number of ether oxygens (including phenoxy) is 4. The topological polar surface area (TPSA) is 115 Å². The Balaban J connectivity index is 1.21. The minimum atomic E-state index is -2.52. The van der Waals surface area contributed by atoms with Crippen molar-refractivity contribution in [1.82, 2.24) is 0 Å². The van der Waals surface area contributed by atoms with Gasteiger partial charge in [-0.1, -0.05) is 85.1 Å². The van der Waals surface area contributed by atoms with E-state index in [1.807, 2.05) is 60.8 Å². The van der Waals surface area contributed by atoms with Gasteiger partial charge in [0.2, 0.25) is 0 Å². The minimum Gasteiger partial charge on any atom is -0.490 e. The van der Waals surface area contributed by atoms with E-state index in [4.69, 9.17) is 18.9 Å². The molecule has 6 aliphatic rings. The SMILES string of the molecule is O=[PH](C1=C(OCC(O)COC2C=CCCC2)C2=C(CCCC2)C(OCC(O)COC2C=CC=CC2)C1)C1C=CC=CC1C1C=CC=CC1O. The van der Waals surface area contributed by atoms with E-state index in [1.54, 1.807) is 6.08 Å². The summed E-state index contributed by atoms with van der Waals surface area (Å²) in [4.78, 5) is 0. The Morgan fingerprint density at radius 2 is 1.45 bits per heavy atom. The molecule has 0 aliphatic heterocycles. The Hall–Kier alpha value is -2.55. The molecule has 49 heavy (non-hydrogen) atoms. The van der Waals surface area contributed by atoms with Crippen molar-refractivity contribution in [3.63, 3.8) is 0 Å². The summed E-state index contributed by atoms with van der Waals surface area (Å²) in [5.41, 5.74) is 1.84. The van der Waals surface area contributed by atoms with E-state index in [-0.39, 0.29) is 62.2 Å². The lowest BCUT2D eigenvalue weighted by Crippen LogP contribution is -2.34. The first-order valence-electron chi connectivity index (χ1n) is 18.2. The maximum atomic E-state index is 14.9. The maximum absolute atomic E-state index is 14.9. The van der Waals surface area contributed by atoms with Crippen LogP contribution in [0.1, 0.15) is 57.8 Å². The van der Waals surface area contributed by atoms with Crippen molar-refractivity contribution in [3.05, 3.63) is 107 Å². The van der Waals surface area contributed by atoms with Crippen LogP contribution in [0, 0.1) is 11.8 Å². The molecule has 0 fully saturated rings. The van der Waals surface area contributed by atoms with E-state index in [0.717, 1.165) is 67.8 Å². The summed E-state index contributed by atoms with van der Waals surface area (Å²) < 4.78 is 39.8. The van der Waals surface area contributed by atoms with Crippen LogP contribution in [0.3, 0.4) is 0 Å². The molecule has 0 heterocycles. The second-order valence-electron chi connectivity index (χ2n) is 13.9. The standard InChI is InChI=1S/C40H53O8P/c41-28(24-45-30-13-3-1-4-14-30)26-47-37-23-39(49(44)38-22-12-10-19-34(38)32-17-9-11-21-36(32)43)40(35-20-8-7-18-33(35)37)48-27-29(42)25-46-31-15-5-2-6-16-31/h1,3-5,9-13,15,17,19,21-22,28-32,34,36-38,41-43,49H,2,6-8,14,16,18,20,23-27H2. The molecule has 9 heteroatoms. The molecule has 0 aromatic carbocycles. The molecule has 8 nitrogen and oxygen atoms in total. The lowest BCUT2D eigenvalue weighted by molar-refractivity contribution is -0.0481. The summed E-state index contributed by atoms with van der Waals surface area (Å²) in [7, 11) is -2.52. The number of hydrogen-bond donors (Lipinski definition) is 3. The zero-order chi connectivity index (χ0) is 34.0. The van der Waals surface area contributed by atoms with Crippen LogP contribution in [-0.4, -0.2) is 84.0 Å². The lowest BCUT2D eigenvalue weighted by atomic mass is 9.81. The van der Waals surface area contributed by atoms with Crippen molar-refractivity contribution in [2.45, 2.75) is 100 Å². The first-order valence-corrected chi connectivity index (χ1v) is 19.7. The fourth-order valence-corrected chi connectivity index (χ4v) is 9.88. The van der Waals surface area contributed by atoms with Crippen LogP contribution in [0.25, 0.3) is 0 Å². The molecule has 0 aromatic rings. The van der Waals surface area contributed by atoms with Gasteiger partial charge >= 0.3 is 0 Å². The highest BCUT2D eigenvalue weighted by Crippen LogP contribution is 2.54. The van der Waals surface area contributed by atoms with Crippen LogP contribution in [0.4, 0.5) is 0 Å². The minimum absolute atomic E-state index is 0.00806. The maximum Gasteiger partial charge on any atom is 0.129 e. The van der Waals surface area contributed by atoms with Gasteiger partial charge in [0.05, 0.1) is 44.2 Å². The number of aliphatic hydroxyl groups excluding tert-OH is 3. The van der Waals surface area contributed by atoms with Gasteiger partial charge in [-0.05, 0) is 68.4 Å². The molecule has 266 valence electrons. The van der Waals surface area contributed by atoms with E-state index in [1.165, 1.54) is 0 Å². The lowest BCUT2D eigenvalue weighted by Gasteiger charge is -2.38. The zero-order valence-corrected chi connectivity index (χ0v) is 29.4. The van der Waals surface area contributed by atoms with Crippen LogP contribution in [0.15, 0.2) is 107 Å². The summed E-state index contributed by atoms with van der Waals surface area (Å²) in [5.74, 6) is 0.276. The molecule has 0 spiro atoms. The highest BCUT2D eigenvalue weighted by molar-refractivity contribution is 7.50. The zero-order valence-electron chi connectivity index (χ0n) is 28.4. The van der Waals surface area contributed by atoms with Crippen molar-refractivity contribution in [2.24, 2.45) is 11.8 Å². The van der Waals surface area contributed by atoms with Crippen LogP contribution in [0.5, 0.6) is 0 Å². The summed E-state index contributed by atoms with van der Waals surface area (Å²) in [5, 5.41) is 33.4. The van der Waals surface area contributed by atoms with Gasteiger partial charge in [-0.25, -0.2) is 0 Å². The average molecular weight is 693 g/mol. The van der Waals surface area contributed by atoms with Crippen molar-refractivity contribution < 1.29 is 38.8 Å². The molecule has 0 saturated heterocycles. The summed E-state index contributed by atoms with van der Waals surface area (Å²) in [6, 6.07) is 0. The van der Waals surface area contributed by atoms with Gasteiger partial charge in [-0.3, -0.25) is 0 Å². The molecule has 10 atom stereocenters. The number of hydrogen-bond acceptors (Lipinski definition) is 8. The predicted molar refractivity (Wildman–Crippen MR) is 193 cm³/mol. The second kappa shape index (κ2) is 18.1. The smallest absolute Gasteiger partial charge is 0.129 e. The van der Waals surface area contributed by atoms with Crippen LogP contribution in [-0.2, 0) is 23.5 Å². The third-order valence-electron chi connectivity index (χ3n) is 10.3. The van der Waals surface area contributed by atoms with Gasteiger partial charge in [-0.15, -0.1) is 0 Å². The average Bonchev–Trinajstić information content (AvgIpc) is 3.15.